The zero-order valence-corrected chi connectivity index (χ0v) is 4.19. The molecule has 0 amide bonds. The van der Waals surface area contributed by atoms with E-state index in [1.54, 1.807) is 0 Å². The van der Waals surface area contributed by atoms with Crippen molar-refractivity contribution in [3.63, 3.8) is 0 Å². The van der Waals surface area contributed by atoms with Gasteiger partial charge in [-0.3, -0.25) is 0 Å². The second-order valence-electron chi connectivity index (χ2n) is 0.824. The molecule has 0 bridgehead atoms. The molecular formula is C2HF5S. The number of rotatable bonds is 1. The van der Waals surface area contributed by atoms with Gasteiger partial charge in [-0.15, -0.1) is 0 Å². The highest BCUT2D eigenvalue weighted by Crippen LogP contribution is 2.34. The fraction of sp³-hybridized carbons (Fsp3) is 1.00. The van der Waals surface area contributed by atoms with Crippen LogP contribution in [-0.2, 0) is 0 Å². The van der Waals surface area contributed by atoms with E-state index >= 15 is 0 Å². The summed E-state index contributed by atoms with van der Waals surface area (Å²) < 4.78 is 53.9. The first-order chi connectivity index (χ1) is 3.42. The molecule has 0 aromatic heterocycles. The Labute approximate surface area is 46.1 Å². The summed E-state index contributed by atoms with van der Waals surface area (Å²) in [6.07, 6.45) is 0. The van der Waals surface area contributed by atoms with Crippen LogP contribution in [0, 0.1) is 0 Å². The monoisotopic (exact) mass is 152 g/mol. The third kappa shape index (κ3) is 6.00. The predicted octanol–water partition coefficient (Wildman–Crippen LogP) is 2.46. The van der Waals surface area contributed by atoms with Crippen LogP contribution in [-0.4, -0.2) is 11.3 Å². The van der Waals surface area contributed by atoms with Crippen LogP contribution in [0.25, 0.3) is 0 Å². The van der Waals surface area contributed by atoms with Crippen LogP contribution in [0.15, 0.2) is 0 Å². The van der Waals surface area contributed by atoms with E-state index in [0.29, 0.717) is 0 Å². The molecule has 0 radical (unpaired) electrons. The van der Waals surface area contributed by atoms with E-state index < -0.39 is 23.0 Å². The Balaban J connectivity index is 3.39. The van der Waals surface area contributed by atoms with Gasteiger partial charge in [0.25, 0.3) is 5.76 Å². The van der Waals surface area contributed by atoms with Crippen molar-refractivity contribution in [2.24, 2.45) is 0 Å². The van der Waals surface area contributed by atoms with Gasteiger partial charge in [0.15, 0.2) is 0 Å². The normalized spacial score (nSPS) is 12.8. The second kappa shape index (κ2) is 2.52. The standard InChI is InChI=1S/C2HF5S/c3-1(4)8-2(5,6)7/h1H. The van der Waals surface area contributed by atoms with Gasteiger partial charge in [0, 0.05) is 11.8 Å². The van der Waals surface area contributed by atoms with Crippen LogP contribution in [0.4, 0.5) is 22.0 Å². The fourth-order valence-corrected chi connectivity index (χ4v) is 0.303. The van der Waals surface area contributed by atoms with Crippen molar-refractivity contribution in [2.75, 3.05) is 0 Å². The molecular weight excluding hydrogens is 151 g/mol. The zero-order chi connectivity index (χ0) is 6.78. The molecule has 0 unspecified atom stereocenters. The first-order valence-electron chi connectivity index (χ1n) is 1.44. The van der Waals surface area contributed by atoms with Crippen LogP contribution in [0.5, 0.6) is 0 Å². The molecule has 0 aromatic carbocycles. The summed E-state index contributed by atoms with van der Waals surface area (Å²) in [6, 6.07) is 0. The van der Waals surface area contributed by atoms with Crippen molar-refractivity contribution in [3.05, 3.63) is 0 Å². The maximum absolute atomic E-state index is 10.8. The minimum absolute atomic E-state index is 1.32. The van der Waals surface area contributed by atoms with Gasteiger partial charge in [0.2, 0.25) is 0 Å². The average Bonchev–Trinajstić information content (AvgIpc) is 1.21. The quantitative estimate of drug-likeness (QED) is 0.520. The van der Waals surface area contributed by atoms with E-state index in [9.17, 15) is 22.0 Å². The van der Waals surface area contributed by atoms with Gasteiger partial charge in [0.05, 0.1) is 0 Å². The molecule has 0 atom stereocenters. The number of thioether (sulfide) groups is 1. The summed E-state index contributed by atoms with van der Waals surface area (Å²) in [4.78, 5) is 0. The minimum atomic E-state index is -4.81. The SMILES string of the molecule is FC(F)SC(F)(F)F. The Hall–Kier alpha value is -0.0000000000000000555. The molecule has 50 valence electrons. The maximum Gasteiger partial charge on any atom is 0.447 e. The van der Waals surface area contributed by atoms with Gasteiger partial charge >= 0.3 is 5.51 Å². The highest BCUT2D eigenvalue weighted by molar-refractivity contribution is 8.00. The van der Waals surface area contributed by atoms with E-state index in [4.69, 9.17) is 0 Å². The maximum atomic E-state index is 10.8. The molecule has 0 saturated heterocycles. The van der Waals surface area contributed by atoms with Gasteiger partial charge in [-0.1, -0.05) is 0 Å². The molecule has 0 aliphatic rings. The average molecular weight is 152 g/mol. The zero-order valence-electron chi connectivity index (χ0n) is 3.38. The van der Waals surface area contributed by atoms with Crippen LogP contribution in [0.3, 0.4) is 0 Å². The van der Waals surface area contributed by atoms with E-state index in [1.165, 1.54) is 0 Å². The van der Waals surface area contributed by atoms with Crippen molar-refractivity contribution >= 4 is 11.8 Å². The Bertz CT molecular complexity index is 65.3. The highest BCUT2D eigenvalue weighted by atomic mass is 32.2. The Morgan fingerprint density at radius 3 is 1.50 bits per heavy atom. The van der Waals surface area contributed by atoms with Crippen molar-refractivity contribution < 1.29 is 22.0 Å². The first-order valence-corrected chi connectivity index (χ1v) is 2.32. The Kier molecular flexibility index (Phi) is 2.52. The summed E-state index contributed by atoms with van der Waals surface area (Å²) in [7, 11) is 0. The van der Waals surface area contributed by atoms with E-state index in [0.717, 1.165) is 0 Å². The first kappa shape index (κ1) is 8.00. The lowest BCUT2D eigenvalue weighted by Gasteiger charge is -2.01. The molecule has 0 aromatic rings. The Morgan fingerprint density at radius 1 is 1.12 bits per heavy atom. The minimum Gasteiger partial charge on any atom is -0.198 e. The number of halogens is 5. The second-order valence-corrected chi connectivity index (χ2v) is 1.88. The number of hydrogen-bond acceptors (Lipinski definition) is 1. The van der Waals surface area contributed by atoms with Crippen LogP contribution < -0.4 is 0 Å². The summed E-state index contributed by atoms with van der Waals surface area (Å²) in [6.45, 7) is 0. The van der Waals surface area contributed by atoms with Gasteiger partial charge < -0.3 is 0 Å². The summed E-state index contributed by atoms with van der Waals surface area (Å²) in [5.74, 6) is -3.37. The van der Waals surface area contributed by atoms with E-state index in [2.05, 4.69) is 0 Å². The van der Waals surface area contributed by atoms with Crippen molar-refractivity contribution in [1.82, 2.24) is 0 Å². The molecule has 0 spiro atoms. The largest absolute Gasteiger partial charge is 0.447 e. The lowest BCUT2D eigenvalue weighted by atomic mass is 11.5. The fourth-order valence-electron chi connectivity index (χ4n) is 0.101. The lowest BCUT2D eigenvalue weighted by molar-refractivity contribution is -0.0360. The van der Waals surface area contributed by atoms with Crippen molar-refractivity contribution in [3.8, 4) is 0 Å². The Morgan fingerprint density at radius 2 is 1.50 bits per heavy atom. The van der Waals surface area contributed by atoms with Gasteiger partial charge in [0.1, 0.15) is 0 Å². The molecule has 6 heteroatoms. The van der Waals surface area contributed by atoms with Crippen LogP contribution >= 0.6 is 11.8 Å². The van der Waals surface area contributed by atoms with Crippen LogP contribution in [0.1, 0.15) is 0 Å². The third-order valence-corrected chi connectivity index (χ3v) is 0.668. The number of hydrogen-bond donors (Lipinski definition) is 0. The lowest BCUT2D eigenvalue weighted by Crippen LogP contribution is -2.03. The van der Waals surface area contributed by atoms with Gasteiger partial charge in [-0.25, -0.2) is 0 Å². The molecule has 0 N–H and O–H groups in total. The molecule has 0 nitrogen and oxygen atoms in total. The third-order valence-electron chi connectivity index (χ3n) is 0.223. The number of alkyl halides is 5. The highest BCUT2D eigenvalue weighted by Gasteiger charge is 2.33. The molecule has 0 saturated carbocycles. The van der Waals surface area contributed by atoms with Crippen molar-refractivity contribution in [1.29, 1.82) is 0 Å². The molecule has 0 rings (SSSR count). The topological polar surface area (TPSA) is 0 Å². The molecule has 0 aliphatic carbocycles. The van der Waals surface area contributed by atoms with Gasteiger partial charge in [-0.2, -0.15) is 22.0 Å². The van der Waals surface area contributed by atoms with E-state index in [-0.39, 0.29) is 0 Å². The molecule has 8 heavy (non-hydrogen) atoms. The summed E-state index contributed by atoms with van der Waals surface area (Å²) in [5.41, 5.74) is -4.81. The summed E-state index contributed by atoms with van der Waals surface area (Å²) in [5, 5.41) is 0. The van der Waals surface area contributed by atoms with Crippen molar-refractivity contribution in [2.45, 2.75) is 11.3 Å². The molecule has 0 heterocycles. The molecule has 0 aliphatic heterocycles. The molecule has 0 fully saturated rings. The smallest absolute Gasteiger partial charge is 0.198 e. The van der Waals surface area contributed by atoms with Gasteiger partial charge in [-0.05, 0) is 0 Å². The van der Waals surface area contributed by atoms with E-state index in [1.807, 2.05) is 0 Å². The predicted molar refractivity (Wildman–Crippen MR) is 19.6 cm³/mol. The van der Waals surface area contributed by atoms with Crippen LogP contribution in [0.2, 0.25) is 0 Å². The summed E-state index contributed by atoms with van der Waals surface area (Å²) >= 11 is -1.32.